The number of rotatable bonds is 5. The average molecular weight is 277 g/mol. The first-order valence-corrected chi connectivity index (χ1v) is 6.25. The summed E-state index contributed by atoms with van der Waals surface area (Å²) in [6, 6.07) is 0.0974. The van der Waals surface area contributed by atoms with E-state index in [0.717, 1.165) is 11.3 Å². The summed E-state index contributed by atoms with van der Waals surface area (Å²) in [6.07, 6.45) is 0.233. The van der Waals surface area contributed by atoms with E-state index in [1.165, 1.54) is 0 Å². The summed E-state index contributed by atoms with van der Waals surface area (Å²) in [5, 5.41) is 12.6. The number of hydrogen-bond donors (Lipinski definition) is 2. The number of aromatic nitrogens is 2. The van der Waals surface area contributed by atoms with Gasteiger partial charge in [0, 0.05) is 19.0 Å². The van der Waals surface area contributed by atoms with Crippen molar-refractivity contribution >= 4 is 34.8 Å². The molecule has 1 heterocycles. The Balaban J connectivity index is 2.27. The van der Waals surface area contributed by atoms with Crippen molar-refractivity contribution in [2.45, 2.75) is 26.3 Å². The van der Waals surface area contributed by atoms with Crippen molar-refractivity contribution in [1.82, 2.24) is 20.8 Å². The second kappa shape index (κ2) is 6.51. The molecule has 2 amide bonds. The first kappa shape index (κ1) is 13.9. The Labute approximate surface area is 108 Å². The van der Waals surface area contributed by atoms with Crippen LogP contribution in [0.15, 0.2) is 0 Å². The minimum Gasteiger partial charge on any atom is -0.354 e. The van der Waals surface area contributed by atoms with Crippen molar-refractivity contribution in [3.8, 4) is 0 Å². The molecule has 0 aliphatic carbocycles. The van der Waals surface area contributed by atoms with E-state index in [4.69, 9.17) is 11.6 Å². The lowest BCUT2D eigenvalue weighted by Gasteiger charge is -2.08. The van der Waals surface area contributed by atoms with E-state index in [1.807, 2.05) is 13.8 Å². The lowest BCUT2D eigenvalue weighted by Crippen LogP contribution is -2.34. The highest BCUT2D eigenvalue weighted by molar-refractivity contribution is 7.17. The maximum absolute atomic E-state index is 11.5. The first-order valence-electron chi connectivity index (χ1n) is 5.05. The lowest BCUT2D eigenvalue weighted by atomic mass is 10.3. The molecule has 0 radical (unpaired) electrons. The Morgan fingerprint density at radius 2 is 2.12 bits per heavy atom. The van der Waals surface area contributed by atoms with Crippen LogP contribution in [0.5, 0.6) is 0 Å². The normalized spacial score (nSPS) is 10.4. The predicted octanol–water partition coefficient (Wildman–Crippen LogP) is 0.836. The molecule has 6 nitrogen and oxygen atoms in total. The van der Waals surface area contributed by atoms with Crippen LogP contribution in [0.1, 0.15) is 30.1 Å². The zero-order valence-corrected chi connectivity index (χ0v) is 11.1. The van der Waals surface area contributed by atoms with Crippen molar-refractivity contribution in [3.05, 3.63) is 9.47 Å². The van der Waals surface area contributed by atoms with Crippen molar-refractivity contribution in [1.29, 1.82) is 0 Å². The number of halogens is 1. The Morgan fingerprint density at radius 3 is 2.65 bits per heavy atom. The van der Waals surface area contributed by atoms with Crippen molar-refractivity contribution in [3.63, 3.8) is 0 Å². The molecule has 0 saturated heterocycles. The van der Waals surface area contributed by atoms with Crippen LogP contribution in [0.25, 0.3) is 0 Å². The van der Waals surface area contributed by atoms with Gasteiger partial charge in [-0.05, 0) is 25.4 Å². The Morgan fingerprint density at radius 1 is 1.41 bits per heavy atom. The van der Waals surface area contributed by atoms with Gasteiger partial charge >= 0.3 is 0 Å². The molecule has 0 unspecified atom stereocenters. The van der Waals surface area contributed by atoms with Gasteiger partial charge in [0.2, 0.25) is 15.4 Å². The van der Waals surface area contributed by atoms with Crippen LogP contribution >= 0.6 is 22.9 Å². The summed E-state index contributed by atoms with van der Waals surface area (Å²) in [5.41, 5.74) is 0. The van der Waals surface area contributed by atoms with E-state index in [-0.39, 0.29) is 40.3 Å². The van der Waals surface area contributed by atoms with E-state index in [2.05, 4.69) is 20.8 Å². The van der Waals surface area contributed by atoms with Crippen LogP contribution in [0.3, 0.4) is 0 Å². The standard InChI is InChI=1S/C9H13ClN4O2S/c1-5(2)12-6(15)3-4-11-7(16)8-13-14-9(10)17-8/h5H,3-4H2,1-2H3,(H,11,16)(H,12,15). The van der Waals surface area contributed by atoms with Crippen LogP contribution in [0.4, 0.5) is 0 Å². The van der Waals surface area contributed by atoms with Crippen LogP contribution in [0, 0.1) is 0 Å². The van der Waals surface area contributed by atoms with Gasteiger partial charge in [-0.1, -0.05) is 11.3 Å². The van der Waals surface area contributed by atoms with Crippen LogP contribution in [-0.4, -0.2) is 34.6 Å². The Bertz CT molecular complexity index is 407. The second-order valence-electron chi connectivity index (χ2n) is 3.59. The highest BCUT2D eigenvalue weighted by Crippen LogP contribution is 2.14. The van der Waals surface area contributed by atoms with E-state index < -0.39 is 0 Å². The number of carbonyl (C=O) groups excluding carboxylic acids is 2. The first-order chi connectivity index (χ1) is 7.99. The second-order valence-corrected chi connectivity index (χ2v) is 5.15. The summed E-state index contributed by atoms with van der Waals surface area (Å²) in [4.78, 5) is 22.7. The molecule has 0 aliphatic heterocycles. The summed E-state index contributed by atoms with van der Waals surface area (Å²) in [6.45, 7) is 4.01. The zero-order valence-electron chi connectivity index (χ0n) is 9.49. The molecule has 0 spiro atoms. The van der Waals surface area contributed by atoms with Gasteiger partial charge < -0.3 is 10.6 Å². The topological polar surface area (TPSA) is 84.0 Å². The van der Waals surface area contributed by atoms with E-state index in [0.29, 0.717) is 0 Å². The maximum Gasteiger partial charge on any atom is 0.282 e. The molecule has 1 aromatic heterocycles. The average Bonchev–Trinajstić information content (AvgIpc) is 2.63. The molecule has 8 heteroatoms. The molecule has 0 atom stereocenters. The number of carbonyl (C=O) groups is 2. The smallest absolute Gasteiger partial charge is 0.282 e. The third kappa shape index (κ3) is 5.10. The Hall–Kier alpha value is -1.21. The highest BCUT2D eigenvalue weighted by Gasteiger charge is 2.11. The summed E-state index contributed by atoms with van der Waals surface area (Å²) in [7, 11) is 0. The molecule has 1 rings (SSSR count). The lowest BCUT2D eigenvalue weighted by molar-refractivity contribution is -0.121. The Kier molecular flexibility index (Phi) is 5.30. The highest BCUT2D eigenvalue weighted by atomic mass is 35.5. The van der Waals surface area contributed by atoms with Crippen molar-refractivity contribution in [2.75, 3.05) is 6.54 Å². The predicted molar refractivity (Wildman–Crippen MR) is 65.1 cm³/mol. The van der Waals surface area contributed by atoms with Gasteiger partial charge in [-0.3, -0.25) is 9.59 Å². The molecular weight excluding hydrogens is 264 g/mol. The summed E-state index contributed by atoms with van der Waals surface area (Å²) in [5.74, 6) is -0.470. The number of amides is 2. The van der Waals surface area contributed by atoms with Gasteiger partial charge in [0.15, 0.2) is 0 Å². The summed E-state index contributed by atoms with van der Waals surface area (Å²) >= 11 is 6.54. The monoisotopic (exact) mass is 276 g/mol. The van der Waals surface area contributed by atoms with E-state index in [9.17, 15) is 9.59 Å². The van der Waals surface area contributed by atoms with Crippen LogP contribution < -0.4 is 10.6 Å². The van der Waals surface area contributed by atoms with Gasteiger partial charge in [0.25, 0.3) is 5.91 Å². The number of hydrogen-bond acceptors (Lipinski definition) is 5. The largest absolute Gasteiger partial charge is 0.354 e. The van der Waals surface area contributed by atoms with Gasteiger partial charge in [0.1, 0.15) is 0 Å². The van der Waals surface area contributed by atoms with Crippen molar-refractivity contribution in [2.24, 2.45) is 0 Å². The molecule has 0 fully saturated rings. The molecule has 2 N–H and O–H groups in total. The minimum absolute atomic E-state index is 0.0974. The van der Waals surface area contributed by atoms with Gasteiger partial charge in [-0.2, -0.15) is 0 Å². The fourth-order valence-electron chi connectivity index (χ4n) is 1.06. The molecule has 0 saturated carbocycles. The van der Waals surface area contributed by atoms with Gasteiger partial charge in [-0.25, -0.2) is 0 Å². The fraction of sp³-hybridized carbons (Fsp3) is 0.556. The fourth-order valence-corrected chi connectivity index (χ4v) is 1.80. The molecule has 94 valence electrons. The van der Waals surface area contributed by atoms with Gasteiger partial charge in [0.05, 0.1) is 0 Å². The molecule has 0 bridgehead atoms. The quantitative estimate of drug-likeness (QED) is 0.835. The summed E-state index contributed by atoms with van der Waals surface area (Å²) < 4.78 is 0.215. The number of nitrogens with zero attached hydrogens (tertiary/aromatic N) is 2. The van der Waals surface area contributed by atoms with Crippen LogP contribution in [0.2, 0.25) is 4.47 Å². The molecule has 0 aromatic carbocycles. The van der Waals surface area contributed by atoms with E-state index in [1.54, 1.807) is 0 Å². The third-order valence-corrected chi connectivity index (χ3v) is 2.70. The zero-order chi connectivity index (χ0) is 12.8. The molecule has 0 aliphatic rings. The maximum atomic E-state index is 11.5. The molecule has 1 aromatic rings. The minimum atomic E-state index is -0.369. The molecular formula is C9H13ClN4O2S. The molecule has 17 heavy (non-hydrogen) atoms. The van der Waals surface area contributed by atoms with Gasteiger partial charge in [-0.15, -0.1) is 10.2 Å². The van der Waals surface area contributed by atoms with Crippen LogP contribution in [-0.2, 0) is 4.79 Å². The third-order valence-electron chi connectivity index (χ3n) is 1.68. The number of nitrogens with one attached hydrogen (secondary N) is 2. The SMILES string of the molecule is CC(C)NC(=O)CCNC(=O)c1nnc(Cl)s1. The van der Waals surface area contributed by atoms with Crippen molar-refractivity contribution < 1.29 is 9.59 Å². The van der Waals surface area contributed by atoms with E-state index >= 15 is 0 Å².